The highest BCUT2D eigenvalue weighted by Gasteiger charge is 2.15. The number of halogens is 1. The number of hydrogen-bond donors (Lipinski definition) is 2. The summed E-state index contributed by atoms with van der Waals surface area (Å²) in [6.45, 7) is 0.189. The summed E-state index contributed by atoms with van der Waals surface area (Å²) < 4.78 is 4.83. The summed E-state index contributed by atoms with van der Waals surface area (Å²) in [7, 11) is 1.51. The fourth-order valence-electron chi connectivity index (χ4n) is 1.32. The van der Waals surface area contributed by atoms with Crippen LogP contribution in [0.15, 0.2) is 22.9 Å². The highest BCUT2D eigenvalue weighted by Crippen LogP contribution is 2.28. The number of nitrogens with two attached hydrogens (primary N) is 1. The van der Waals surface area contributed by atoms with Crippen molar-refractivity contribution in [1.82, 2.24) is 4.98 Å². The van der Waals surface area contributed by atoms with Crippen LogP contribution < -0.4 is 11.1 Å². The highest BCUT2D eigenvalue weighted by molar-refractivity contribution is 7.16. The Balaban J connectivity index is 0.00000180. The minimum absolute atomic E-state index is 0. The van der Waals surface area contributed by atoms with E-state index in [4.69, 9.17) is 10.5 Å². The molecular formula is C11H14ClN3O2S2. The number of nitrogens with one attached hydrogen (secondary N) is 1. The van der Waals surface area contributed by atoms with Gasteiger partial charge in [-0.3, -0.25) is 4.79 Å². The molecule has 0 saturated heterocycles. The number of aromatic nitrogens is 1. The molecule has 2 aromatic heterocycles. The minimum atomic E-state index is -0.677. The molecule has 1 amide bonds. The molecule has 104 valence electrons. The van der Waals surface area contributed by atoms with Gasteiger partial charge in [0.05, 0.1) is 17.2 Å². The quantitative estimate of drug-likeness (QED) is 0.885. The smallest absolute Gasteiger partial charge is 0.245 e. The molecule has 19 heavy (non-hydrogen) atoms. The zero-order valence-corrected chi connectivity index (χ0v) is 12.6. The average molecular weight is 320 g/mol. The van der Waals surface area contributed by atoms with Crippen molar-refractivity contribution in [2.75, 3.05) is 19.0 Å². The van der Waals surface area contributed by atoms with Gasteiger partial charge in [0.15, 0.2) is 5.13 Å². The van der Waals surface area contributed by atoms with E-state index in [9.17, 15) is 4.79 Å². The van der Waals surface area contributed by atoms with Gasteiger partial charge in [0.25, 0.3) is 0 Å². The minimum Gasteiger partial charge on any atom is -0.383 e. The van der Waals surface area contributed by atoms with E-state index < -0.39 is 6.04 Å². The lowest BCUT2D eigenvalue weighted by Crippen LogP contribution is -2.39. The molecule has 0 fully saturated rings. The number of methoxy groups -OCH3 is 1. The number of thiazole rings is 1. The highest BCUT2D eigenvalue weighted by atomic mass is 35.5. The molecular weight excluding hydrogens is 306 g/mol. The van der Waals surface area contributed by atoms with E-state index in [1.165, 1.54) is 18.4 Å². The molecule has 2 aromatic rings. The molecule has 1 atom stereocenters. The molecule has 0 bridgehead atoms. The third-order valence-electron chi connectivity index (χ3n) is 2.19. The van der Waals surface area contributed by atoms with Crippen LogP contribution >= 0.6 is 35.1 Å². The topological polar surface area (TPSA) is 77.2 Å². The molecule has 2 heterocycles. The lowest BCUT2D eigenvalue weighted by atomic mass is 10.3. The molecule has 5 nitrogen and oxygen atoms in total. The summed E-state index contributed by atoms with van der Waals surface area (Å²) in [6, 6.07) is 3.28. The van der Waals surface area contributed by atoms with Crippen molar-refractivity contribution in [2.45, 2.75) is 6.04 Å². The Bertz CT molecular complexity index is 516. The van der Waals surface area contributed by atoms with Crippen LogP contribution in [0.4, 0.5) is 5.13 Å². The predicted octanol–water partition coefficient (Wildman–Crippen LogP) is 2.21. The van der Waals surface area contributed by atoms with Crippen molar-refractivity contribution in [3.8, 4) is 10.6 Å². The second-order valence-corrected chi connectivity index (χ2v) is 5.37. The molecule has 0 aliphatic rings. The number of carbonyl (C=O) groups is 1. The molecule has 0 aliphatic carbocycles. The Morgan fingerprint density at radius 2 is 2.37 bits per heavy atom. The first kappa shape index (κ1) is 16.1. The SMILES string of the molecule is COCC(N)C(=O)Nc1nc(-c2cccs2)cs1.Cl. The van der Waals surface area contributed by atoms with E-state index in [1.54, 1.807) is 11.3 Å². The van der Waals surface area contributed by atoms with E-state index in [1.807, 2.05) is 22.9 Å². The van der Waals surface area contributed by atoms with Crippen LogP contribution in [0.5, 0.6) is 0 Å². The lowest BCUT2D eigenvalue weighted by Gasteiger charge is -2.08. The van der Waals surface area contributed by atoms with Crippen molar-refractivity contribution in [3.63, 3.8) is 0 Å². The molecule has 1 unspecified atom stereocenters. The molecule has 3 N–H and O–H groups in total. The first-order valence-electron chi connectivity index (χ1n) is 5.25. The van der Waals surface area contributed by atoms with Gasteiger partial charge in [0.2, 0.25) is 5.91 Å². The molecule has 8 heteroatoms. The predicted molar refractivity (Wildman–Crippen MR) is 81.2 cm³/mol. The maximum absolute atomic E-state index is 11.7. The number of anilines is 1. The monoisotopic (exact) mass is 319 g/mol. The zero-order chi connectivity index (χ0) is 13.0. The van der Waals surface area contributed by atoms with Crippen molar-refractivity contribution >= 4 is 46.1 Å². The Morgan fingerprint density at radius 1 is 1.58 bits per heavy atom. The first-order valence-corrected chi connectivity index (χ1v) is 7.01. The van der Waals surface area contributed by atoms with E-state index in [0.29, 0.717) is 5.13 Å². The lowest BCUT2D eigenvalue weighted by molar-refractivity contribution is -0.118. The first-order chi connectivity index (χ1) is 8.70. The normalized spacial score (nSPS) is 11.7. The molecule has 0 saturated carbocycles. The molecule has 0 radical (unpaired) electrons. The second-order valence-electron chi connectivity index (χ2n) is 3.57. The van der Waals surface area contributed by atoms with Crippen molar-refractivity contribution < 1.29 is 9.53 Å². The Labute approximate surface area is 125 Å². The van der Waals surface area contributed by atoms with Crippen LogP contribution in [0.1, 0.15) is 0 Å². The summed E-state index contributed by atoms with van der Waals surface area (Å²) in [4.78, 5) is 17.1. The summed E-state index contributed by atoms with van der Waals surface area (Å²) in [5.74, 6) is -0.288. The van der Waals surface area contributed by atoms with E-state index in [2.05, 4.69) is 10.3 Å². The summed E-state index contributed by atoms with van der Waals surface area (Å²) in [5.41, 5.74) is 6.49. The van der Waals surface area contributed by atoms with E-state index in [0.717, 1.165) is 10.6 Å². The second kappa shape index (κ2) is 7.56. The zero-order valence-electron chi connectivity index (χ0n) is 10.2. The van der Waals surface area contributed by atoms with E-state index in [-0.39, 0.29) is 24.9 Å². The molecule has 0 spiro atoms. The number of nitrogens with zero attached hydrogens (tertiary/aromatic N) is 1. The maximum Gasteiger partial charge on any atom is 0.245 e. The van der Waals surface area contributed by atoms with Crippen LogP contribution in [0.2, 0.25) is 0 Å². The van der Waals surface area contributed by atoms with Crippen LogP contribution in [-0.4, -0.2) is 30.6 Å². The number of thiophene rings is 1. The number of carbonyl (C=O) groups excluding carboxylic acids is 1. The van der Waals surface area contributed by atoms with Gasteiger partial charge >= 0.3 is 0 Å². The molecule has 0 aromatic carbocycles. The number of hydrogen-bond acceptors (Lipinski definition) is 6. The molecule has 2 rings (SSSR count). The van der Waals surface area contributed by atoms with Crippen LogP contribution in [0.3, 0.4) is 0 Å². The standard InChI is InChI=1S/C11H13N3O2S2.ClH/c1-16-5-7(12)10(15)14-11-13-8(6-18-11)9-3-2-4-17-9;/h2-4,6-7H,5,12H2,1H3,(H,13,14,15);1H. The van der Waals surface area contributed by atoms with Gasteiger partial charge in [0, 0.05) is 12.5 Å². The van der Waals surface area contributed by atoms with Crippen LogP contribution in [-0.2, 0) is 9.53 Å². The van der Waals surface area contributed by atoms with Crippen LogP contribution in [0.25, 0.3) is 10.6 Å². The Hall–Kier alpha value is -0.990. The Kier molecular flexibility index (Phi) is 6.40. The molecule has 0 aliphatic heterocycles. The van der Waals surface area contributed by atoms with Crippen molar-refractivity contribution in [3.05, 3.63) is 22.9 Å². The largest absolute Gasteiger partial charge is 0.383 e. The fraction of sp³-hybridized carbons (Fsp3) is 0.273. The van der Waals surface area contributed by atoms with Crippen LogP contribution in [0, 0.1) is 0 Å². The van der Waals surface area contributed by atoms with Gasteiger partial charge in [-0.25, -0.2) is 4.98 Å². The van der Waals surface area contributed by atoms with Gasteiger partial charge in [-0.15, -0.1) is 35.1 Å². The third-order valence-corrected chi connectivity index (χ3v) is 3.84. The maximum atomic E-state index is 11.7. The van der Waals surface area contributed by atoms with Gasteiger partial charge < -0.3 is 15.8 Å². The fourth-order valence-corrected chi connectivity index (χ4v) is 2.80. The van der Waals surface area contributed by atoms with Gasteiger partial charge in [0.1, 0.15) is 6.04 Å². The number of ether oxygens (including phenoxy) is 1. The van der Waals surface area contributed by atoms with E-state index >= 15 is 0 Å². The van der Waals surface area contributed by atoms with Gasteiger partial charge in [-0.2, -0.15) is 0 Å². The third kappa shape index (κ3) is 4.26. The Morgan fingerprint density at radius 3 is 3.00 bits per heavy atom. The summed E-state index contributed by atoms with van der Waals surface area (Å²) >= 11 is 2.99. The summed E-state index contributed by atoms with van der Waals surface area (Å²) in [6.07, 6.45) is 0. The average Bonchev–Trinajstić information content (AvgIpc) is 2.98. The van der Waals surface area contributed by atoms with Crippen molar-refractivity contribution in [1.29, 1.82) is 0 Å². The number of rotatable bonds is 5. The van der Waals surface area contributed by atoms with Crippen molar-refractivity contribution in [2.24, 2.45) is 5.73 Å². The number of amides is 1. The summed E-state index contributed by atoms with van der Waals surface area (Å²) in [5, 5.41) is 7.12. The van der Waals surface area contributed by atoms with Gasteiger partial charge in [-0.05, 0) is 11.4 Å². The van der Waals surface area contributed by atoms with Gasteiger partial charge in [-0.1, -0.05) is 6.07 Å².